The third kappa shape index (κ3) is 3.91. The first-order valence-electron chi connectivity index (χ1n) is 6.18. The zero-order valence-corrected chi connectivity index (χ0v) is 10.6. The normalized spacial score (nSPS) is 13.9. The Balaban J connectivity index is 2.04. The van der Waals surface area contributed by atoms with Crippen LogP contribution in [-0.2, 0) is 4.79 Å². The van der Waals surface area contributed by atoms with Gasteiger partial charge in [-0.25, -0.2) is 13.6 Å². The summed E-state index contributed by atoms with van der Waals surface area (Å²) in [5, 5.41) is 11.0. The topological polar surface area (TPSA) is 69.6 Å². The number of carboxylic acid groups (broad SMARTS) is 1. The van der Waals surface area contributed by atoms with E-state index in [0.717, 1.165) is 29.9 Å². The van der Waals surface area contributed by atoms with Crippen LogP contribution in [0.5, 0.6) is 0 Å². The molecule has 1 saturated carbocycles. The Kier molecular flexibility index (Phi) is 4.16. The van der Waals surface area contributed by atoms with E-state index in [-0.39, 0.29) is 5.69 Å². The number of carbonyl (C=O) groups is 2. The molecule has 0 atom stereocenters. The minimum absolute atomic E-state index is 0.178. The summed E-state index contributed by atoms with van der Waals surface area (Å²) in [6.45, 7) is -0.133. The summed E-state index contributed by atoms with van der Waals surface area (Å²) in [6, 6.07) is 2.06. The van der Waals surface area contributed by atoms with Crippen LogP contribution in [0.15, 0.2) is 18.2 Å². The van der Waals surface area contributed by atoms with Crippen molar-refractivity contribution in [2.45, 2.75) is 12.8 Å². The lowest BCUT2D eigenvalue weighted by molar-refractivity contribution is -0.137. The van der Waals surface area contributed by atoms with Gasteiger partial charge in [-0.1, -0.05) is 0 Å². The molecule has 20 heavy (non-hydrogen) atoms. The molecule has 0 spiro atoms. The monoisotopic (exact) mass is 284 g/mol. The van der Waals surface area contributed by atoms with E-state index in [1.165, 1.54) is 0 Å². The number of urea groups is 1. The SMILES string of the molecule is O=C(O)CN(CC1CC1)C(=O)Nc1ccc(F)cc1F. The lowest BCUT2D eigenvalue weighted by Crippen LogP contribution is -2.40. The molecule has 2 N–H and O–H groups in total. The van der Waals surface area contributed by atoms with Crippen LogP contribution in [0.1, 0.15) is 12.8 Å². The number of anilines is 1. The fraction of sp³-hybridized carbons (Fsp3) is 0.385. The predicted octanol–water partition coefficient (Wildman–Crippen LogP) is 2.29. The maximum absolute atomic E-state index is 13.4. The molecule has 2 rings (SSSR count). The fourth-order valence-electron chi connectivity index (χ4n) is 1.78. The number of halogens is 2. The maximum atomic E-state index is 13.4. The smallest absolute Gasteiger partial charge is 0.323 e. The average Bonchev–Trinajstić information content (AvgIpc) is 3.15. The van der Waals surface area contributed by atoms with Crippen LogP contribution >= 0.6 is 0 Å². The molecule has 1 fully saturated rings. The second kappa shape index (κ2) is 5.85. The Morgan fingerprint density at radius 1 is 1.35 bits per heavy atom. The van der Waals surface area contributed by atoms with E-state index in [1.807, 2.05) is 0 Å². The van der Waals surface area contributed by atoms with Crippen molar-refractivity contribution in [3.05, 3.63) is 29.8 Å². The molecule has 1 aromatic rings. The standard InChI is InChI=1S/C13H14F2N2O3/c14-9-3-4-11(10(15)5-9)16-13(20)17(7-12(18)19)6-8-1-2-8/h3-5,8H,1-2,6-7H2,(H,16,20)(H,18,19). The molecule has 2 amide bonds. The molecule has 0 aliphatic heterocycles. The fourth-order valence-corrected chi connectivity index (χ4v) is 1.78. The summed E-state index contributed by atoms with van der Waals surface area (Å²) in [7, 11) is 0. The van der Waals surface area contributed by atoms with E-state index in [1.54, 1.807) is 0 Å². The number of carbonyl (C=O) groups excluding carboxylic acids is 1. The van der Waals surface area contributed by atoms with Crippen molar-refractivity contribution in [2.75, 3.05) is 18.4 Å². The highest BCUT2D eigenvalue weighted by atomic mass is 19.1. The predicted molar refractivity (Wildman–Crippen MR) is 67.3 cm³/mol. The van der Waals surface area contributed by atoms with Crippen molar-refractivity contribution < 1.29 is 23.5 Å². The highest BCUT2D eigenvalue weighted by Crippen LogP contribution is 2.30. The molecule has 0 heterocycles. The van der Waals surface area contributed by atoms with Crippen LogP contribution in [0.3, 0.4) is 0 Å². The van der Waals surface area contributed by atoms with Gasteiger partial charge in [0.25, 0.3) is 0 Å². The van der Waals surface area contributed by atoms with Gasteiger partial charge in [0.1, 0.15) is 18.2 Å². The third-order valence-electron chi connectivity index (χ3n) is 2.96. The molecule has 0 unspecified atom stereocenters. The number of carboxylic acids is 1. The van der Waals surface area contributed by atoms with Gasteiger partial charge in [0, 0.05) is 12.6 Å². The van der Waals surface area contributed by atoms with Crippen LogP contribution in [0.25, 0.3) is 0 Å². The van der Waals surface area contributed by atoms with Crippen LogP contribution in [0, 0.1) is 17.6 Å². The molecule has 1 aromatic carbocycles. The first-order valence-corrected chi connectivity index (χ1v) is 6.18. The second-order valence-electron chi connectivity index (χ2n) is 4.77. The van der Waals surface area contributed by atoms with Gasteiger partial charge >= 0.3 is 12.0 Å². The molecule has 0 saturated heterocycles. The molecule has 7 heteroatoms. The van der Waals surface area contributed by atoms with Crippen LogP contribution < -0.4 is 5.32 Å². The summed E-state index contributed by atoms with van der Waals surface area (Å²) < 4.78 is 26.2. The third-order valence-corrected chi connectivity index (χ3v) is 2.96. The van der Waals surface area contributed by atoms with Crippen LogP contribution in [0.4, 0.5) is 19.3 Å². The van der Waals surface area contributed by atoms with E-state index in [0.29, 0.717) is 18.5 Å². The van der Waals surface area contributed by atoms with Crippen LogP contribution in [-0.4, -0.2) is 35.1 Å². The van der Waals surface area contributed by atoms with Crippen molar-refractivity contribution in [1.29, 1.82) is 0 Å². The van der Waals surface area contributed by atoms with Gasteiger partial charge in [0.2, 0.25) is 0 Å². The highest BCUT2D eigenvalue weighted by Gasteiger charge is 2.28. The molecule has 1 aliphatic rings. The molecule has 1 aliphatic carbocycles. The van der Waals surface area contributed by atoms with Gasteiger partial charge < -0.3 is 15.3 Å². The van der Waals surface area contributed by atoms with Crippen molar-refractivity contribution in [3.8, 4) is 0 Å². The minimum Gasteiger partial charge on any atom is -0.480 e. The van der Waals surface area contributed by atoms with E-state index in [9.17, 15) is 18.4 Å². The zero-order chi connectivity index (χ0) is 14.7. The number of amides is 2. The van der Waals surface area contributed by atoms with Crippen LogP contribution in [0.2, 0.25) is 0 Å². The molecule has 0 aromatic heterocycles. The summed E-state index contributed by atoms with van der Waals surface area (Å²) in [5.74, 6) is -2.49. The summed E-state index contributed by atoms with van der Waals surface area (Å²) in [5.41, 5.74) is -0.178. The number of rotatable bonds is 5. The van der Waals surface area contributed by atoms with E-state index in [4.69, 9.17) is 5.11 Å². The van der Waals surface area contributed by atoms with E-state index < -0.39 is 30.2 Å². The number of nitrogens with one attached hydrogen (secondary N) is 1. The molecule has 0 radical (unpaired) electrons. The van der Waals surface area contributed by atoms with Crippen molar-refractivity contribution in [1.82, 2.24) is 4.90 Å². The van der Waals surface area contributed by atoms with Crippen molar-refractivity contribution in [2.24, 2.45) is 5.92 Å². The lowest BCUT2D eigenvalue weighted by Gasteiger charge is -2.21. The lowest BCUT2D eigenvalue weighted by atomic mass is 10.3. The Hall–Kier alpha value is -2.18. The Bertz CT molecular complexity index is 532. The van der Waals surface area contributed by atoms with Gasteiger partial charge in [-0.15, -0.1) is 0 Å². The van der Waals surface area contributed by atoms with Gasteiger partial charge in [0.15, 0.2) is 0 Å². The van der Waals surface area contributed by atoms with Crippen molar-refractivity contribution in [3.63, 3.8) is 0 Å². The molecule has 108 valence electrons. The molecular formula is C13H14F2N2O3. The van der Waals surface area contributed by atoms with E-state index in [2.05, 4.69) is 5.32 Å². The highest BCUT2D eigenvalue weighted by molar-refractivity contribution is 5.91. The zero-order valence-electron chi connectivity index (χ0n) is 10.6. The van der Waals surface area contributed by atoms with E-state index >= 15 is 0 Å². The molecular weight excluding hydrogens is 270 g/mol. The number of hydrogen-bond acceptors (Lipinski definition) is 2. The summed E-state index contributed by atoms with van der Waals surface area (Å²) in [4.78, 5) is 23.8. The van der Waals surface area contributed by atoms with Gasteiger partial charge in [-0.2, -0.15) is 0 Å². The van der Waals surface area contributed by atoms with Crippen molar-refractivity contribution >= 4 is 17.7 Å². The molecule has 0 bridgehead atoms. The largest absolute Gasteiger partial charge is 0.480 e. The molecule has 5 nitrogen and oxygen atoms in total. The average molecular weight is 284 g/mol. The van der Waals surface area contributed by atoms with Gasteiger partial charge in [0.05, 0.1) is 5.69 Å². The number of aliphatic carboxylic acids is 1. The Morgan fingerprint density at radius 2 is 2.05 bits per heavy atom. The maximum Gasteiger partial charge on any atom is 0.323 e. The number of hydrogen-bond donors (Lipinski definition) is 2. The first-order chi connectivity index (χ1) is 9.45. The Morgan fingerprint density at radius 3 is 2.60 bits per heavy atom. The quantitative estimate of drug-likeness (QED) is 0.871. The summed E-state index contributed by atoms with van der Waals surface area (Å²) in [6.07, 6.45) is 1.91. The van der Waals surface area contributed by atoms with Gasteiger partial charge in [-0.05, 0) is 30.9 Å². The number of benzene rings is 1. The Labute approximate surface area is 114 Å². The minimum atomic E-state index is -1.14. The second-order valence-corrected chi connectivity index (χ2v) is 4.77. The van der Waals surface area contributed by atoms with Gasteiger partial charge in [-0.3, -0.25) is 4.79 Å². The number of nitrogens with zero attached hydrogens (tertiary/aromatic N) is 1. The first kappa shape index (κ1) is 14.2. The summed E-state index contributed by atoms with van der Waals surface area (Å²) >= 11 is 0.